The van der Waals surface area contributed by atoms with E-state index >= 15 is 0 Å². The van der Waals surface area contributed by atoms with Crippen LogP contribution < -0.4 is 10.5 Å². The Balaban J connectivity index is 1.30. The van der Waals surface area contributed by atoms with Crippen LogP contribution in [0.2, 0.25) is 0 Å². The highest BCUT2D eigenvalue weighted by molar-refractivity contribution is 5.99. The smallest absolute Gasteiger partial charge is 0.264 e. The molecule has 6 rings (SSSR count). The number of anilines is 1. The summed E-state index contributed by atoms with van der Waals surface area (Å²) in [4.78, 5) is 23.5. The van der Waals surface area contributed by atoms with Gasteiger partial charge in [0.2, 0.25) is 0 Å². The standard InChI is InChI=1S/C29H26FN7O2/c30-23-5-1-2-6-24(23)39-22-11-9-19(10-12-22)26-25-27(32)33-17-34-28(25)37(35-26)21-4-3-13-36(16-21)29(38)20(15-31)14-18-7-8-18/h1-2,5-6,9-12,14,17-18,21H,3-4,7-8,13,16H2,(H2,32,33,34)/b20-14+/t21-/m0/s1. The number of piperidine rings is 1. The van der Waals surface area contributed by atoms with E-state index in [1.165, 1.54) is 12.4 Å². The fourth-order valence-electron chi connectivity index (χ4n) is 4.95. The molecule has 1 saturated carbocycles. The van der Waals surface area contributed by atoms with Crippen molar-refractivity contribution in [3.8, 4) is 28.8 Å². The van der Waals surface area contributed by atoms with Crippen LogP contribution in [0.1, 0.15) is 31.7 Å². The maximum absolute atomic E-state index is 14.0. The normalized spacial score (nSPS) is 17.7. The molecule has 39 heavy (non-hydrogen) atoms. The van der Waals surface area contributed by atoms with Gasteiger partial charge in [0.25, 0.3) is 5.91 Å². The number of fused-ring (bicyclic) bond motifs is 1. The van der Waals surface area contributed by atoms with Gasteiger partial charge in [-0.15, -0.1) is 0 Å². The Hall–Kier alpha value is -4.78. The number of nitrogens with two attached hydrogens (primary N) is 1. The number of carbonyl (C=O) groups excluding carboxylic acids is 1. The van der Waals surface area contributed by atoms with E-state index in [9.17, 15) is 14.4 Å². The van der Waals surface area contributed by atoms with Crippen molar-refractivity contribution in [2.45, 2.75) is 31.7 Å². The van der Waals surface area contributed by atoms with Crippen molar-refractivity contribution in [2.24, 2.45) is 5.92 Å². The zero-order chi connectivity index (χ0) is 26.9. The molecule has 9 nitrogen and oxygen atoms in total. The molecule has 0 radical (unpaired) electrons. The van der Waals surface area contributed by atoms with Crippen molar-refractivity contribution < 1.29 is 13.9 Å². The maximum atomic E-state index is 14.0. The summed E-state index contributed by atoms with van der Waals surface area (Å²) < 4.78 is 21.5. The van der Waals surface area contributed by atoms with Crippen LogP contribution in [-0.4, -0.2) is 43.6 Å². The number of nitrogen functional groups attached to an aromatic ring is 1. The van der Waals surface area contributed by atoms with E-state index in [2.05, 4.69) is 16.0 Å². The molecule has 1 amide bonds. The molecule has 2 aliphatic rings. The van der Waals surface area contributed by atoms with Gasteiger partial charge in [0.15, 0.2) is 17.2 Å². The number of para-hydroxylation sites is 1. The minimum Gasteiger partial charge on any atom is -0.454 e. The first kappa shape index (κ1) is 24.6. The van der Waals surface area contributed by atoms with Gasteiger partial charge in [-0.05, 0) is 68.0 Å². The second kappa shape index (κ2) is 10.2. The predicted molar refractivity (Wildman–Crippen MR) is 143 cm³/mol. The van der Waals surface area contributed by atoms with Gasteiger partial charge in [0.05, 0.1) is 11.4 Å². The molecule has 0 unspecified atom stereocenters. The van der Waals surface area contributed by atoms with Gasteiger partial charge in [0, 0.05) is 18.7 Å². The summed E-state index contributed by atoms with van der Waals surface area (Å²) in [5, 5.41) is 15.1. The van der Waals surface area contributed by atoms with Gasteiger partial charge in [-0.1, -0.05) is 18.2 Å². The Bertz CT molecular complexity index is 1620. The Kier molecular flexibility index (Phi) is 6.40. The summed E-state index contributed by atoms with van der Waals surface area (Å²) in [5.41, 5.74) is 8.46. The molecular weight excluding hydrogens is 497 g/mol. The summed E-state index contributed by atoms with van der Waals surface area (Å²) in [7, 11) is 0. The van der Waals surface area contributed by atoms with Gasteiger partial charge in [-0.3, -0.25) is 4.79 Å². The third kappa shape index (κ3) is 4.91. The molecule has 1 atom stereocenters. The van der Waals surface area contributed by atoms with Gasteiger partial charge >= 0.3 is 0 Å². The van der Waals surface area contributed by atoms with E-state index in [-0.39, 0.29) is 23.3 Å². The number of benzene rings is 2. The topological polar surface area (TPSA) is 123 Å². The zero-order valence-electron chi connectivity index (χ0n) is 21.1. The summed E-state index contributed by atoms with van der Waals surface area (Å²) >= 11 is 0. The Labute approximate surface area is 224 Å². The molecule has 2 aromatic heterocycles. The van der Waals surface area contributed by atoms with E-state index in [1.54, 1.807) is 41.3 Å². The van der Waals surface area contributed by atoms with Crippen LogP contribution in [0.3, 0.4) is 0 Å². The highest BCUT2D eigenvalue weighted by Gasteiger charge is 2.31. The molecule has 1 aliphatic heterocycles. The van der Waals surface area contributed by atoms with E-state index in [0.717, 1.165) is 31.2 Å². The number of rotatable bonds is 6. The van der Waals surface area contributed by atoms with E-state index in [1.807, 2.05) is 16.8 Å². The van der Waals surface area contributed by atoms with Crippen molar-refractivity contribution in [1.29, 1.82) is 5.26 Å². The van der Waals surface area contributed by atoms with Crippen LogP contribution in [0.5, 0.6) is 11.5 Å². The number of ether oxygens (including phenoxy) is 1. The molecule has 196 valence electrons. The highest BCUT2D eigenvalue weighted by Crippen LogP contribution is 2.36. The zero-order valence-corrected chi connectivity index (χ0v) is 21.1. The highest BCUT2D eigenvalue weighted by atomic mass is 19.1. The van der Waals surface area contributed by atoms with Gasteiger partial charge in [0.1, 0.15) is 35.2 Å². The largest absolute Gasteiger partial charge is 0.454 e. The Morgan fingerprint density at radius 1 is 1.13 bits per heavy atom. The van der Waals surface area contributed by atoms with Crippen LogP contribution in [0.15, 0.2) is 66.5 Å². The average Bonchev–Trinajstić information content (AvgIpc) is 3.70. The number of halogens is 1. The van der Waals surface area contributed by atoms with Crippen molar-refractivity contribution in [2.75, 3.05) is 18.8 Å². The number of amides is 1. The first-order valence-corrected chi connectivity index (χ1v) is 12.9. The summed E-state index contributed by atoms with van der Waals surface area (Å²) in [5.74, 6) is 0.582. The molecule has 2 aromatic carbocycles. The van der Waals surface area contributed by atoms with Crippen LogP contribution in [0.25, 0.3) is 22.3 Å². The maximum Gasteiger partial charge on any atom is 0.264 e. The lowest BCUT2D eigenvalue weighted by molar-refractivity contribution is -0.128. The number of nitrogens with zero attached hydrogens (tertiary/aromatic N) is 6. The molecule has 2 N–H and O–H groups in total. The summed E-state index contributed by atoms with van der Waals surface area (Å²) in [6.45, 7) is 1.00. The SMILES string of the molecule is N#C/C(=C\C1CC1)C(=O)N1CCC[C@H](n2nc(-c3ccc(Oc4ccccc4F)cc3)c3c(N)ncnc32)C1. The fourth-order valence-corrected chi connectivity index (χ4v) is 4.95. The van der Waals surface area contributed by atoms with E-state index < -0.39 is 5.82 Å². The third-order valence-electron chi connectivity index (χ3n) is 7.12. The number of hydrogen-bond acceptors (Lipinski definition) is 7. The lowest BCUT2D eigenvalue weighted by atomic mass is 10.0. The Morgan fingerprint density at radius 2 is 1.92 bits per heavy atom. The first-order chi connectivity index (χ1) is 19.0. The van der Waals surface area contributed by atoms with Gasteiger partial charge in [-0.2, -0.15) is 10.4 Å². The van der Waals surface area contributed by atoms with Crippen molar-refractivity contribution in [3.05, 3.63) is 72.3 Å². The van der Waals surface area contributed by atoms with Crippen LogP contribution in [0.4, 0.5) is 10.2 Å². The van der Waals surface area contributed by atoms with Crippen molar-refractivity contribution in [3.63, 3.8) is 0 Å². The van der Waals surface area contributed by atoms with Gasteiger partial charge in [-0.25, -0.2) is 19.0 Å². The molecule has 4 aromatic rings. The van der Waals surface area contributed by atoms with Crippen LogP contribution in [0, 0.1) is 23.1 Å². The molecule has 2 fully saturated rings. The van der Waals surface area contributed by atoms with E-state index in [4.69, 9.17) is 15.6 Å². The molecule has 1 aliphatic carbocycles. The number of allylic oxidation sites excluding steroid dienone is 1. The quantitative estimate of drug-likeness (QED) is 0.278. The molecule has 3 heterocycles. The predicted octanol–water partition coefficient (Wildman–Crippen LogP) is 5.03. The van der Waals surface area contributed by atoms with Crippen molar-refractivity contribution >= 4 is 22.8 Å². The number of nitriles is 1. The van der Waals surface area contributed by atoms with E-state index in [0.29, 0.717) is 47.3 Å². The molecule has 10 heteroatoms. The first-order valence-electron chi connectivity index (χ1n) is 12.9. The monoisotopic (exact) mass is 523 g/mol. The van der Waals surface area contributed by atoms with Crippen LogP contribution in [-0.2, 0) is 4.79 Å². The summed E-state index contributed by atoms with van der Waals surface area (Å²) in [6, 6.07) is 15.3. The van der Waals surface area contributed by atoms with Crippen LogP contribution >= 0.6 is 0 Å². The molecular formula is C29H26FN7O2. The van der Waals surface area contributed by atoms with Gasteiger partial charge < -0.3 is 15.4 Å². The number of aromatic nitrogens is 4. The third-order valence-corrected chi connectivity index (χ3v) is 7.12. The number of hydrogen-bond donors (Lipinski definition) is 1. The molecule has 1 saturated heterocycles. The number of carbonyl (C=O) groups is 1. The van der Waals surface area contributed by atoms with Crippen molar-refractivity contribution in [1.82, 2.24) is 24.6 Å². The second-order valence-electron chi connectivity index (χ2n) is 9.88. The number of likely N-dealkylation sites (tertiary alicyclic amines) is 1. The molecule has 0 spiro atoms. The average molecular weight is 524 g/mol. The Morgan fingerprint density at radius 3 is 2.67 bits per heavy atom. The fraction of sp³-hybridized carbons (Fsp3) is 0.276. The minimum absolute atomic E-state index is 0.139. The summed E-state index contributed by atoms with van der Waals surface area (Å²) in [6.07, 6.45) is 6.84. The lowest BCUT2D eigenvalue weighted by Crippen LogP contribution is -2.41. The lowest BCUT2D eigenvalue weighted by Gasteiger charge is -2.32. The minimum atomic E-state index is -0.443. The second-order valence-corrected chi connectivity index (χ2v) is 9.88. The molecule has 0 bridgehead atoms.